The first-order valence-corrected chi connectivity index (χ1v) is 12.5. The van der Waals surface area contributed by atoms with E-state index in [2.05, 4.69) is 26.2 Å². The molecule has 0 spiro atoms. The molecule has 0 bridgehead atoms. The number of likely N-dealkylation sites (N-methyl/N-ethyl adjacent to an activating group) is 1. The van der Waals surface area contributed by atoms with Crippen molar-refractivity contribution >= 4 is 11.9 Å². The van der Waals surface area contributed by atoms with Crippen LogP contribution in [0.5, 0.6) is 5.75 Å². The van der Waals surface area contributed by atoms with Crippen molar-refractivity contribution in [1.29, 1.82) is 0 Å². The van der Waals surface area contributed by atoms with E-state index in [4.69, 9.17) is 9.15 Å². The van der Waals surface area contributed by atoms with E-state index >= 15 is 0 Å². The van der Waals surface area contributed by atoms with Crippen molar-refractivity contribution in [2.45, 2.75) is 30.2 Å². The van der Waals surface area contributed by atoms with Crippen molar-refractivity contribution in [3.8, 4) is 17.2 Å². The second-order valence-electron chi connectivity index (χ2n) is 9.18. The van der Waals surface area contributed by atoms with Crippen LogP contribution in [0.1, 0.15) is 28.5 Å². The molecule has 1 saturated heterocycles. The van der Waals surface area contributed by atoms with Gasteiger partial charge in [-0.05, 0) is 72.1 Å². The van der Waals surface area contributed by atoms with Crippen LogP contribution < -0.4 is 4.74 Å². The second kappa shape index (κ2) is 9.67. The number of rotatable bonds is 7. The molecule has 4 heterocycles. The van der Waals surface area contributed by atoms with E-state index in [1.165, 1.54) is 30.5 Å². The molecule has 0 saturated carbocycles. The summed E-state index contributed by atoms with van der Waals surface area (Å²) in [7, 11) is 2.06. The number of benzene rings is 2. The quantitative estimate of drug-likeness (QED) is 0.364. The van der Waals surface area contributed by atoms with Gasteiger partial charge >= 0.3 is 0 Å². The molecule has 1 unspecified atom stereocenters. The molecular formula is C27H25FN4O3S. The fraction of sp³-hybridized carbons (Fsp3) is 0.259. The maximum Gasteiger partial charge on any atom is 0.228 e. The number of hydrogen-bond acceptors (Lipinski definition) is 8. The van der Waals surface area contributed by atoms with Crippen LogP contribution >= 0.6 is 11.9 Å². The summed E-state index contributed by atoms with van der Waals surface area (Å²) in [5.41, 5.74) is 3.89. The number of aromatic nitrogens is 2. The van der Waals surface area contributed by atoms with Crippen LogP contribution in [0.15, 0.2) is 76.5 Å². The Morgan fingerprint density at radius 3 is 2.75 bits per heavy atom. The fourth-order valence-electron chi connectivity index (χ4n) is 4.55. The van der Waals surface area contributed by atoms with Crippen LogP contribution in [0, 0.1) is 5.82 Å². The third-order valence-electron chi connectivity index (χ3n) is 6.42. The van der Waals surface area contributed by atoms with E-state index in [-0.39, 0.29) is 17.8 Å². The van der Waals surface area contributed by atoms with Gasteiger partial charge in [0.1, 0.15) is 30.0 Å². The lowest BCUT2D eigenvalue weighted by atomic mass is 10.0. The van der Waals surface area contributed by atoms with Gasteiger partial charge in [0.15, 0.2) is 0 Å². The van der Waals surface area contributed by atoms with E-state index < -0.39 is 6.10 Å². The zero-order valence-electron chi connectivity index (χ0n) is 19.7. The standard InChI is InChI=1S/C27H25FN4O3S/c1-31-15-21(16-31)35-20-4-2-3-17(9-20)26(33)25-10-18-13-32(14-19(18)12-30-25)36-22-5-6-23(24(28)11-22)27-29-7-8-34-27/h2-12,21,26,33H,13-16H2,1H3. The second-order valence-corrected chi connectivity index (χ2v) is 10.4. The van der Waals surface area contributed by atoms with Gasteiger partial charge in [-0.2, -0.15) is 0 Å². The van der Waals surface area contributed by atoms with E-state index in [0.29, 0.717) is 24.3 Å². The molecule has 1 fully saturated rings. The number of likely N-dealkylation sites (tertiary alicyclic amines) is 1. The predicted molar refractivity (Wildman–Crippen MR) is 134 cm³/mol. The van der Waals surface area contributed by atoms with Crippen molar-refractivity contribution in [2.24, 2.45) is 0 Å². The zero-order valence-corrected chi connectivity index (χ0v) is 20.5. The molecular weight excluding hydrogens is 479 g/mol. The van der Waals surface area contributed by atoms with Gasteiger partial charge in [0.05, 0.1) is 17.5 Å². The number of oxazole rings is 1. The Balaban J connectivity index is 1.12. The van der Waals surface area contributed by atoms with Gasteiger partial charge in [-0.15, -0.1) is 0 Å². The number of aliphatic hydroxyl groups is 1. The Morgan fingerprint density at radius 1 is 1.11 bits per heavy atom. The van der Waals surface area contributed by atoms with Crippen LogP contribution in [0.2, 0.25) is 0 Å². The number of ether oxygens (including phenoxy) is 1. The van der Waals surface area contributed by atoms with Gasteiger partial charge in [0, 0.05) is 37.3 Å². The Labute approximate surface area is 212 Å². The van der Waals surface area contributed by atoms with Crippen molar-refractivity contribution < 1.29 is 18.7 Å². The van der Waals surface area contributed by atoms with Gasteiger partial charge in [0.2, 0.25) is 5.89 Å². The van der Waals surface area contributed by atoms with Crippen LogP contribution in [0.3, 0.4) is 0 Å². The van der Waals surface area contributed by atoms with Crippen molar-refractivity contribution in [1.82, 2.24) is 19.2 Å². The van der Waals surface area contributed by atoms with Crippen LogP contribution in [-0.2, 0) is 13.1 Å². The summed E-state index contributed by atoms with van der Waals surface area (Å²) in [6.07, 6.45) is 4.09. The lowest BCUT2D eigenvalue weighted by Gasteiger charge is -2.36. The third-order valence-corrected chi connectivity index (χ3v) is 7.40. The first kappa shape index (κ1) is 23.2. The number of pyridine rings is 1. The summed E-state index contributed by atoms with van der Waals surface area (Å²) < 4.78 is 28.0. The molecule has 2 aliphatic rings. The molecule has 2 aliphatic heterocycles. The number of hydrogen-bond donors (Lipinski definition) is 1. The molecule has 9 heteroatoms. The summed E-state index contributed by atoms with van der Waals surface area (Å²) in [5.74, 6) is 0.652. The predicted octanol–water partition coefficient (Wildman–Crippen LogP) is 4.67. The molecule has 2 aromatic carbocycles. The molecule has 1 N–H and O–H groups in total. The first-order valence-electron chi connectivity index (χ1n) is 11.7. The summed E-state index contributed by atoms with van der Waals surface area (Å²) in [6.45, 7) is 3.17. The molecule has 1 atom stereocenters. The third kappa shape index (κ3) is 4.75. The van der Waals surface area contributed by atoms with Crippen LogP contribution in [0.4, 0.5) is 4.39 Å². The van der Waals surface area contributed by atoms with Crippen molar-refractivity contribution in [3.05, 3.63) is 95.4 Å². The van der Waals surface area contributed by atoms with Gasteiger partial charge in [-0.25, -0.2) is 13.7 Å². The molecule has 0 amide bonds. The average molecular weight is 505 g/mol. The molecule has 2 aromatic heterocycles. The average Bonchev–Trinajstić information content (AvgIpc) is 3.52. The summed E-state index contributed by atoms with van der Waals surface area (Å²) in [5, 5.41) is 11.0. The minimum Gasteiger partial charge on any atom is -0.488 e. The highest BCUT2D eigenvalue weighted by molar-refractivity contribution is 7.97. The Kier molecular flexibility index (Phi) is 6.22. The Hall–Kier alpha value is -3.24. The molecule has 6 rings (SSSR count). The Morgan fingerprint density at radius 2 is 1.97 bits per heavy atom. The van der Waals surface area contributed by atoms with Crippen LogP contribution in [0.25, 0.3) is 11.5 Å². The molecule has 7 nitrogen and oxygen atoms in total. The summed E-state index contributed by atoms with van der Waals surface area (Å²) in [4.78, 5) is 11.5. The zero-order chi connectivity index (χ0) is 24.6. The molecule has 184 valence electrons. The molecule has 0 aliphatic carbocycles. The molecule has 4 aromatic rings. The topological polar surface area (TPSA) is 74.9 Å². The lowest BCUT2D eigenvalue weighted by Crippen LogP contribution is -2.51. The SMILES string of the molecule is CN1CC(Oc2cccc(C(O)c3cc4c(cn3)CN(Sc3ccc(-c5ncco5)c(F)c3)C4)c2)C1. The van der Waals surface area contributed by atoms with E-state index in [0.717, 1.165) is 40.4 Å². The van der Waals surface area contributed by atoms with E-state index in [1.54, 1.807) is 6.07 Å². The van der Waals surface area contributed by atoms with Gasteiger partial charge in [0.25, 0.3) is 0 Å². The smallest absolute Gasteiger partial charge is 0.228 e. The summed E-state index contributed by atoms with van der Waals surface area (Å²) >= 11 is 1.49. The van der Waals surface area contributed by atoms with Crippen molar-refractivity contribution in [3.63, 3.8) is 0 Å². The normalized spacial score (nSPS) is 17.1. The van der Waals surface area contributed by atoms with Crippen molar-refractivity contribution in [2.75, 3.05) is 20.1 Å². The van der Waals surface area contributed by atoms with Gasteiger partial charge < -0.3 is 14.3 Å². The first-order chi connectivity index (χ1) is 17.5. The van der Waals surface area contributed by atoms with Gasteiger partial charge in [-0.1, -0.05) is 12.1 Å². The number of aliphatic hydroxyl groups excluding tert-OH is 1. The Bertz CT molecular complexity index is 1380. The van der Waals surface area contributed by atoms with E-state index in [9.17, 15) is 9.50 Å². The highest BCUT2D eigenvalue weighted by atomic mass is 32.2. The lowest BCUT2D eigenvalue weighted by molar-refractivity contribution is 0.0386. The number of nitrogens with zero attached hydrogens (tertiary/aromatic N) is 4. The highest BCUT2D eigenvalue weighted by Crippen LogP contribution is 2.35. The van der Waals surface area contributed by atoms with E-state index in [1.807, 2.05) is 42.6 Å². The largest absolute Gasteiger partial charge is 0.488 e. The molecule has 0 radical (unpaired) electrons. The minimum absolute atomic E-state index is 0.190. The van der Waals surface area contributed by atoms with Crippen LogP contribution in [-0.4, -0.2) is 50.5 Å². The minimum atomic E-state index is -0.846. The van der Waals surface area contributed by atoms with Gasteiger partial charge in [-0.3, -0.25) is 9.88 Å². The summed E-state index contributed by atoms with van der Waals surface area (Å²) in [6, 6.07) is 14.6. The molecule has 36 heavy (non-hydrogen) atoms. The highest BCUT2D eigenvalue weighted by Gasteiger charge is 2.26. The fourth-order valence-corrected chi connectivity index (χ4v) is 5.54. The maximum atomic E-state index is 14.6. The maximum absolute atomic E-state index is 14.6. The number of fused-ring (bicyclic) bond motifs is 1. The number of halogens is 1. The monoisotopic (exact) mass is 504 g/mol.